The number of carbonyl (C=O) groups excluding carboxylic acids is 2. The Morgan fingerprint density at radius 3 is 2.40 bits per heavy atom. The zero-order chi connectivity index (χ0) is 21.7. The summed E-state index contributed by atoms with van der Waals surface area (Å²) in [6.45, 7) is 5.00. The monoisotopic (exact) mass is 434 g/mol. The van der Waals surface area contributed by atoms with Gasteiger partial charge in [-0.25, -0.2) is 8.42 Å². The van der Waals surface area contributed by atoms with Gasteiger partial charge in [-0.3, -0.25) is 9.59 Å². The first-order valence-electron chi connectivity index (χ1n) is 9.81. The molecule has 1 N–H and O–H groups in total. The number of hydrogen-bond acceptors (Lipinski definition) is 6. The molecule has 0 aliphatic carbocycles. The molecule has 0 atom stereocenters. The van der Waals surface area contributed by atoms with Crippen molar-refractivity contribution in [3.63, 3.8) is 0 Å². The first-order chi connectivity index (χ1) is 14.3. The van der Waals surface area contributed by atoms with Gasteiger partial charge in [-0.05, 0) is 37.6 Å². The fourth-order valence-corrected chi connectivity index (χ4v) is 4.67. The third kappa shape index (κ3) is 5.35. The van der Waals surface area contributed by atoms with Crippen LogP contribution in [0.4, 0.5) is 0 Å². The summed E-state index contributed by atoms with van der Waals surface area (Å²) in [6.07, 6.45) is 0.629. The van der Waals surface area contributed by atoms with Crippen molar-refractivity contribution in [2.45, 2.75) is 38.1 Å². The molecule has 0 saturated carbocycles. The molecule has 2 heterocycles. The molecule has 3 rings (SSSR count). The van der Waals surface area contributed by atoms with Crippen LogP contribution in [0.2, 0.25) is 0 Å². The minimum Gasteiger partial charge on any atom is -0.466 e. The van der Waals surface area contributed by atoms with Gasteiger partial charge in [-0.2, -0.15) is 4.31 Å². The zero-order valence-corrected chi connectivity index (χ0v) is 18.0. The lowest BCUT2D eigenvalue weighted by molar-refractivity contribution is -0.121. The van der Waals surface area contributed by atoms with Gasteiger partial charge in [0.15, 0.2) is 5.78 Å². The quantitative estimate of drug-likeness (QED) is 0.638. The van der Waals surface area contributed by atoms with E-state index in [1.165, 1.54) is 11.2 Å². The maximum Gasteiger partial charge on any atom is 0.243 e. The molecule has 0 unspecified atom stereocenters. The second kappa shape index (κ2) is 9.55. The molecule has 0 radical (unpaired) electrons. The molecule has 1 aliphatic rings. The van der Waals surface area contributed by atoms with Gasteiger partial charge in [0, 0.05) is 32.5 Å². The van der Waals surface area contributed by atoms with E-state index >= 15 is 0 Å². The number of nitrogens with zero attached hydrogens (tertiary/aromatic N) is 1. The number of sulfonamides is 1. The predicted octanol–water partition coefficient (Wildman–Crippen LogP) is 2.06. The third-order valence-electron chi connectivity index (χ3n) is 4.97. The molecule has 162 valence electrons. The maximum atomic E-state index is 12.6. The van der Waals surface area contributed by atoms with Crippen LogP contribution < -0.4 is 5.32 Å². The van der Waals surface area contributed by atoms with E-state index in [0.717, 1.165) is 5.56 Å². The Morgan fingerprint density at radius 1 is 1.13 bits per heavy atom. The minimum atomic E-state index is -3.53. The lowest BCUT2D eigenvalue weighted by atomic mass is 10.1. The third-order valence-corrected chi connectivity index (χ3v) is 6.88. The summed E-state index contributed by atoms with van der Waals surface area (Å²) in [5, 5.41) is 2.81. The molecule has 30 heavy (non-hydrogen) atoms. The van der Waals surface area contributed by atoms with Crippen LogP contribution in [-0.2, 0) is 32.5 Å². The molecular formula is C21H26N2O6S. The number of furan rings is 1. The topological polar surface area (TPSA) is 106 Å². The summed E-state index contributed by atoms with van der Waals surface area (Å²) in [5.41, 5.74) is 1.34. The lowest BCUT2D eigenvalue weighted by Crippen LogP contribution is -2.40. The molecule has 1 aromatic carbocycles. The van der Waals surface area contributed by atoms with Gasteiger partial charge >= 0.3 is 0 Å². The summed E-state index contributed by atoms with van der Waals surface area (Å²) in [7, 11) is -3.53. The molecule has 1 aliphatic heterocycles. The van der Waals surface area contributed by atoms with E-state index in [9.17, 15) is 18.0 Å². The smallest absolute Gasteiger partial charge is 0.243 e. The van der Waals surface area contributed by atoms with Crippen LogP contribution in [0.1, 0.15) is 40.8 Å². The lowest BCUT2D eigenvalue weighted by Gasteiger charge is -2.26. The Kier molecular flexibility index (Phi) is 7.06. The van der Waals surface area contributed by atoms with Gasteiger partial charge in [0.05, 0.1) is 23.7 Å². The number of amides is 1. The zero-order valence-electron chi connectivity index (χ0n) is 17.1. The van der Waals surface area contributed by atoms with Gasteiger partial charge in [0.25, 0.3) is 0 Å². The number of nitrogens with one attached hydrogen (secondary N) is 1. The van der Waals surface area contributed by atoms with Crippen molar-refractivity contribution in [2.24, 2.45) is 0 Å². The highest BCUT2D eigenvalue weighted by Crippen LogP contribution is 2.18. The number of Topliss-reactive ketones (excluding diaryl/α,β-unsaturated/α-hetero) is 1. The molecule has 2 aromatic rings. The van der Waals surface area contributed by atoms with E-state index < -0.39 is 10.0 Å². The van der Waals surface area contributed by atoms with Crippen LogP contribution in [0.15, 0.2) is 39.6 Å². The Hall–Kier alpha value is -2.49. The van der Waals surface area contributed by atoms with Crippen LogP contribution in [0.25, 0.3) is 0 Å². The van der Waals surface area contributed by atoms with Crippen LogP contribution in [-0.4, -0.2) is 50.7 Å². The fraction of sp³-hybridized carbons (Fsp3) is 0.429. The molecule has 8 nitrogen and oxygen atoms in total. The van der Waals surface area contributed by atoms with Crippen molar-refractivity contribution in [1.29, 1.82) is 0 Å². The number of ketones is 1. The highest BCUT2D eigenvalue weighted by atomic mass is 32.2. The van der Waals surface area contributed by atoms with E-state index in [4.69, 9.17) is 9.15 Å². The predicted molar refractivity (Wildman–Crippen MR) is 110 cm³/mol. The van der Waals surface area contributed by atoms with Gasteiger partial charge in [0.2, 0.25) is 15.9 Å². The standard InChI is InChI=1S/C21H26N2O6S/c1-15(24)20-13-18(29-16(20)2)5-8-21(25)22-14-17-3-6-19(7-4-17)30(26,27)23-9-11-28-12-10-23/h3-4,6-7,13H,5,8-12,14H2,1-2H3,(H,22,25). The number of morpholine rings is 1. The second-order valence-corrected chi connectivity index (χ2v) is 9.11. The molecule has 0 bridgehead atoms. The molecule has 1 saturated heterocycles. The van der Waals surface area contributed by atoms with E-state index in [1.54, 1.807) is 37.3 Å². The normalized spacial score (nSPS) is 15.1. The highest BCUT2D eigenvalue weighted by Gasteiger charge is 2.26. The Balaban J connectivity index is 1.50. The molecule has 9 heteroatoms. The number of ether oxygens (including phenoxy) is 1. The largest absolute Gasteiger partial charge is 0.466 e. The van der Waals surface area contributed by atoms with Crippen molar-refractivity contribution in [3.8, 4) is 0 Å². The number of hydrogen-bond donors (Lipinski definition) is 1. The van der Waals surface area contributed by atoms with Crippen molar-refractivity contribution >= 4 is 21.7 Å². The van der Waals surface area contributed by atoms with E-state index in [-0.39, 0.29) is 23.0 Å². The number of rotatable bonds is 8. The summed E-state index contributed by atoms with van der Waals surface area (Å²) in [6, 6.07) is 8.19. The first kappa shape index (κ1) is 22.2. The Bertz CT molecular complexity index is 1000. The Labute approximate surface area is 176 Å². The van der Waals surface area contributed by atoms with Gasteiger partial charge in [0.1, 0.15) is 11.5 Å². The average Bonchev–Trinajstić information content (AvgIpc) is 3.12. The second-order valence-electron chi connectivity index (χ2n) is 7.18. The Morgan fingerprint density at radius 2 is 1.80 bits per heavy atom. The number of carbonyl (C=O) groups is 2. The van der Waals surface area contributed by atoms with Crippen LogP contribution in [0.5, 0.6) is 0 Å². The summed E-state index contributed by atoms with van der Waals surface area (Å²) < 4.78 is 37.4. The van der Waals surface area contributed by atoms with Gasteiger partial charge in [-0.15, -0.1) is 0 Å². The number of aryl methyl sites for hydroxylation is 2. The summed E-state index contributed by atoms with van der Waals surface area (Å²) in [4.78, 5) is 23.8. The van der Waals surface area contributed by atoms with E-state index in [0.29, 0.717) is 56.4 Å². The van der Waals surface area contributed by atoms with Gasteiger partial charge in [-0.1, -0.05) is 12.1 Å². The maximum absolute atomic E-state index is 12.6. The van der Waals surface area contributed by atoms with Crippen LogP contribution in [0, 0.1) is 6.92 Å². The number of benzene rings is 1. The fourth-order valence-electron chi connectivity index (χ4n) is 3.26. The van der Waals surface area contributed by atoms with Gasteiger partial charge < -0.3 is 14.5 Å². The first-order valence-corrected chi connectivity index (χ1v) is 11.2. The van der Waals surface area contributed by atoms with Crippen molar-refractivity contribution in [2.75, 3.05) is 26.3 Å². The van der Waals surface area contributed by atoms with E-state index in [2.05, 4.69) is 5.32 Å². The van der Waals surface area contributed by atoms with Crippen LogP contribution >= 0.6 is 0 Å². The molecular weight excluding hydrogens is 408 g/mol. The molecule has 0 spiro atoms. The van der Waals surface area contributed by atoms with E-state index in [1.807, 2.05) is 0 Å². The highest BCUT2D eigenvalue weighted by molar-refractivity contribution is 7.89. The van der Waals surface area contributed by atoms with Crippen LogP contribution in [0.3, 0.4) is 0 Å². The summed E-state index contributed by atoms with van der Waals surface area (Å²) in [5.74, 6) is 0.944. The van der Waals surface area contributed by atoms with Crippen molar-refractivity contribution in [1.82, 2.24) is 9.62 Å². The molecule has 1 amide bonds. The average molecular weight is 435 g/mol. The van der Waals surface area contributed by atoms with Crippen molar-refractivity contribution in [3.05, 3.63) is 53.0 Å². The van der Waals surface area contributed by atoms with Crippen molar-refractivity contribution < 1.29 is 27.2 Å². The minimum absolute atomic E-state index is 0.0639. The summed E-state index contributed by atoms with van der Waals surface area (Å²) >= 11 is 0. The molecule has 1 aromatic heterocycles. The molecule has 1 fully saturated rings. The SMILES string of the molecule is CC(=O)c1cc(CCC(=O)NCc2ccc(S(=O)(=O)N3CCOCC3)cc2)oc1C.